The fraction of sp³-hybridized carbons (Fsp3) is 0.647. The first-order chi connectivity index (χ1) is 10.1. The van der Waals surface area contributed by atoms with Crippen molar-refractivity contribution < 1.29 is 8.42 Å². The average Bonchev–Trinajstić information content (AvgIpc) is 2.46. The highest BCUT2D eigenvalue weighted by Crippen LogP contribution is 2.28. The number of piperidine rings is 1. The van der Waals surface area contributed by atoms with E-state index in [0.29, 0.717) is 11.4 Å². The number of nitrogens with one attached hydrogen (secondary N) is 2. The van der Waals surface area contributed by atoms with Crippen molar-refractivity contribution in [3.8, 4) is 0 Å². The lowest BCUT2D eigenvalue weighted by molar-refractivity contribution is 0.232. The topological polar surface area (TPSA) is 58.2 Å². The van der Waals surface area contributed by atoms with Crippen molar-refractivity contribution >= 4 is 22.4 Å². The minimum absolute atomic E-state index is 0. The van der Waals surface area contributed by atoms with Crippen LogP contribution in [0.3, 0.4) is 0 Å². The maximum atomic E-state index is 12.5. The normalized spacial score (nSPS) is 18.3. The average molecular weight is 361 g/mol. The molecule has 1 fully saturated rings. The predicted molar refractivity (Wildman–Crippen MR) is 97.8 cm³/mol. The van der Waals surface area contributed by atoms with Gasteiger partial charge in [0, 0.05) is 6.54 Å². The van der Waals surface area contributed by atoms with Crippen molar-refractivity contribution in [3.63, 3.8) is 0 Å². The van der Waals surface area contributed by atoms with Crippen LogP contribution in [0.2, 0.25) is 0 Å². The van der Waals surface area contributed by atoms with Crippen molar-refractivity contribution in [2.75, 3.05) is 19.6 Å². The number of hydrogen-bond donors (Lipinski definition) is 2. The van der Waals surface area contributed by atoms with E-state index in [1.807, 2.05) is 12.1 Å². The van der Waals surface area contributed by atoms with Crippen LogP contribution in [0.5, 0.6) is 0 Å². The van der Waals surface area contributed by atoms with E-state index in [1.165, 1.54) is 0 Å². The Hall–Kier alpha value is -0.620. The molecule has 1 saturated heterocycles. The molecule has 0 spiro atoms. The standard InChI is InChI=1S/C17H28N2O2S.ClH/c1-16(2,3)14-5-7-15(8-6-14)22(20,21)19-13-17(4)9-11-18-12-10-17;/h5-8,18-19H,9-13H2,1-4H3;1H. The number of rotatable bonds is 4. The fourth-order valence-electron chi connectivity index (χ4n) is 2.69. The molecule has 0 aliphatic carbocycles. The Morgan fingerprint density at radius 3 is 2.13 bits per heavy atom. The molecule has 2 rings (SSSR count). The van der Waals surface area contributed by atoms with E-state index in [9.17, 15) is 8.42 Å². The maximum absolute atomic E-state index is 12.5. The summed E-state index contributed by atoms with van der Waals surface area (Å²) in [4.78, 5) is 0.345. The second-order valence-electron chi connectivity index (χ2n) is 7.66. The summed E-state index contributed by atoms with van der Waals surface area (Å²) in [5.74, 6) is 0. The Labute approximate surface area is 146 Å². The minimum atomic E-state index is -3.43. The lowest BCUT2D eigenvalue weighted by atomic mass is 9.81. The van der Waals surface area contributed by atoms with Gasteiger partial charge in [-0.3, -0.25) is 0 Å². The zero-order chi connectivity index (χ0) is 16.4. The zero-order valence-corrected chi connectivity index (χ0v) is 16.1. The molecule has 1 heterocycles. The molecule has 2 N–H and O–H groups in total. The third-order valence-electron chi connectivity index (χ3n) is 4.53. The Morgan fingerprint density at radius 1 is 1.13 bits per heavy atom. The van der Waals surface area contributed by atoms with Gasteiger partial charge in [0.2, 0.25) is 10.0 Å². The van der Waals surface area contributed by atoms with Crippen molar-refractivity contribution in [2.45, 2.75) is 50.8 Å². The molecule has 1 aromatic rings. The van der Waals surface area contributed by atoms with Crippen LogP contribution in [-0.4, -0.2) is 28.1 Å². The zero-order valence-electron chi connectivity index (χ0n) is 14.5. The molecule has 6 heteroatoms. The molecule has 1 aliphatic rings. The number of halogens is 1. The van der Waals surface area contributed by atoms with E-state index in [2.05, 4.69) is 37.7 Å². The van der Waals surface area contributed by atoms with Crippen LogP contribution in [0.25, 0.3) is 0 Å². The van der Waals surface area contributed by atoms with Gasteiger partial charge >= 0.3 is 0 Å². The second-order valence-corrected chi connectivity index (χ2v) is 9.43. The summed E-state index contributed by atoms with van der Waals surface area (Å²) in [6, 6.07) is 7.21. The fourth-order valence-corrected chi connectivity index (χ4v) is 3.89. The van der Waals surface area contributed by atoms with E-state index < -0.39 is 10.0 Å². The highest BCUT2D eigenvalue weighted by Gasteiger charge is 2.28. The van der Waals surface area contributed by atoms with Gasteiger partial charge in [-0.2, -0.15) is 0 Å². The van der Waals surface area contributed by atoms with Gasteiger partial charge in [0.05, 0.1) is 4.90 Å². The number of sulfonamides is 1. The van der Waals surface area contributed by atoms with E-state index in [-0.39, 0.29) is 23.2 Å². The van der Waals surface area contributed by atoms with Crippen molar-refractivity contribution in [1.82, 2.24) is 10.0 Å². The third-order valence-corrected chi connectivity index (χ3v) is 5.95. The largest absolute Gasteiger partial charge is 0.317 e. The SMILES string of the molecule is CC1(CNS(=O)(=O)c2ccc(C(C)(C)C)cc2)CCNCC1.Cl. The smallest absolute Gasteiger partial charge is 0.240 e. The molecule has 1 aliphatic heterocycles. The third kappa shape index (κ3) is 5.45. The van der Waals surface area contributed by atoms with E-state index in [1.54, 1.807) is 12.1 Å². The summed E-state index contributed by atoms with van der Waals surface area (Å²) in [5, 5.41) is 3.31. The highest BCUT2D eigenvalue weighted by molar-refractivity contribution is 7.89. The van der Waals surface area contributed by atoms with Gasteiger partial charge in [-0.25, -0.2) is 13.1 Å². The lowest BCUT2D eigenvalue weighted by Gasteiger charge is -2.34. The molecule has 23 heavy (non-hydrogen) atoms. The molecule has 132 valence electrons. The van der Waals surface area contributed by atoms with Crippen molar-refractivity contribution in [1.29, 1.82) is 0 Å². The van der Waals surface area contributed by atoms with Gasteiger partial charge in [-0.15, -0.1) is 12.4 Å². The molecular formula is C17H29ClN2O2S. The molecule has 0 aromatic heterocycles. The molecule has 0 unspecified atom stereocenters. The van der Waals surface area contributed by atoms with Crippen LogP contribution in [0.15, 0.2) is 29.2 Å². The first-order valence-corrected chi connectivity index (χ1v) is 9.42. The Balaban J connectivity index is 0.00000264. The second kappa shape index (κ2) is 7.51. The van der Waals surface area contributed by atoms with Crippen LogP contribution in [-0.2, 0) is 15.4 Å². The van der Waals surface area contributed by atoms with Crippen LogP contribution in [0, 0.1) is 5.41 Å². The van der Waals surface area contributed by atoms with Crippen LogP contribution >= 0.6 is 12.4 Å². The number of hydrogen-bond acceptors (Lipinski definition) is 3. The van der Waals surface area contributed by atoms with Gasteiger partial charge in [0.1, 0.15) is 0 Å². The van der Waals surface area contributed by atoms with Crippen LogP contribution < -0.4 is 10.0 Å². The summed E-state index contributed by atoms with van der Waals surface area (Å²) >= 11 is 0. The van der Waals surface area contributed by atoms with Crippen LogP contribution in [0.4, 0.5) is 0 Å². The molecule has 1 aromatic carbocycles. The van der Waals surface area contributed by atoms with E-state index >= 15 is 0 Å². The summed E-state index contributed by atoms with van der Waals surface area (Å²) in [5.41, 5.74) is 1.21. The summed E-state index contributed by atoms with van der Waals surface area (Å²) < 4.78 is 27.7. The molecule has 0 amide bonds. The van der Waals surface area contributed by atoms with Crippen molar-refractivity contribution in [2.24, 2.45) is 5.41 Å². The maximum Gasteiger partial charge on any atom is 0.240 e. The Morgan fingerprint density at radius 2 is 1.65 bits per heavy atom. The Bertz CT molecular complexity index is 600. The van der Waals surface area contributed by atoms with Gasteiger partial charge in [0.25, 0.3) is 0 Å². The van der Waals surface area contributed by atoms with Gasteiger partial charge in [-0.1, -0.05) is 39.8 Å². The molecule has 0 radical (unpaired) electrons. The lowest BCUT2D eigenvalue weighted by Crippen LogP contribution is -2.42. The molecule has 0 atom stereocenters. The summed E-state index contributed by atoms with van der Waals surface area (Å²) in [6.45, 7) is 10.9. The minimum Gasteiger partial charge on any atom is -0.317 e. The van der Waals surface area contributed by atoms with Crippen molar-refractivity contribution in [3.05, 3.63) is 29.8 Å². The first-order valence-electron chi connectivity index (χ1n) is 7.93. The molecule has 0 saturated carbocycles. The predicted octanol–water partition coefficient (Wildman–Crippen LogP) is 3.07. The van der Waals surface area contributed by atoms with Gasteiger partial charge < -0.3 is 5.32 Å². The monoisotopic (exact) mass is 360 g/mol. The molecular weight excluding hydrogens is 332 g/mol. The molecule has 4 nitrogen and oxygen atoms in total. The van der Waals surface area contributed by atoms with E-state index in [0.717, 1.165) is 31.5 Å². The summed E-state index contributed by atoms with van der Waals surface area (Å²) in [7, 11) is -3.43. The quantitative estimate of drug-likeness (QED) is 0.867. The first kappa shape index (κ1) is 20.4. The van der Waals surface area contributed by atoms with Gasteiger partial charge in [0.15, 0.2) is 0 Å². The summed E-state index contributed by atoms with van der Waals surface area (Å²) in [6.07, 6.45) is 2.00. The van der Waals surface area contributed by atoms with E-state index in [4.69, 9.17) is 0 Å². The number of benzene rings is 1. The Kier molecular flexibility index (Phi) is 6.67. The van der Waals surface area contributed by atoms with Crippen LogP contribution in [0.1, 0.15) is 46.1 Å². The highest BCUT2D eigenvalue weighted by atomic mass is 35.5. The van der Waals surface area contributed by atoms with Gasteiger partial charge in [-0.05, 0) is 54.5 Å². The molecule has 0 bridgehead atoms.